The van der Waals surface area contributed by atoms with Crippen LogP contribution in [0, 0.1) is 0 Å². The minimum atomic E-state index is -0.585. The van der Waals surface area contributed by atoms with E-state index < -0.39 is 5.54 Å². The van der Waals surface area contributed by atoms with Gasteiger partial charge in [0.05, 0.1) is 12.6 Å². The molecule has 0 aliphatic carbocycles. The Balaban J connectivity index is 1.98. The Morgan fingerprint density at radius 1 is 1.38 bits per heavy atom. The molecular weight excluding hydrogens is 286 g/mol. The zero-order valence-corrected chi connectivity index (χ0v) is 13.0. The molecule has 2 aromatic heterocycles. The lowest BCUT2D eigenvalue weighted by atomic mass is 9.93. The first-order valence-electron chi connectivity index (χ1n) is 6.59. The molecule has 0 spiro atoms. The lowest BCUT2D eigenvalue weighted by Gasteiger charge is -2.32. The average molecular weight is 303 g/mol. The molecule has 3 rings (SSSR count). The van der Waals surface area contributed by atoms with E-state index in [-0.39, 0.29) is 11.9 Å². The summed E-state index contributed by atoms with van der Waals surface area (Å²) in [4.78, 5) is 19.0. The van der Waals surface area contributed by atoms with E-state index in [0.29, 0.717) is 6.42 Å². The monoisotopic (exact) mass is 303 g/mol. The fourth-order valence-corrected chi connectivity index (χ4v) is 3.42. The van der Waals surface area contributed by atoms with Crippen molar-refractivity contribution in [2.45, 2.75) is 18.9 Å². The molecule has 3 heterocycles. The SMILES string of the molecule is CN1C(=O)C[C@@](C)(c2cc(-c3cnn(C)c3)cs2)N=C1N. The third-order valence-electron chi connectivity index (χ3n) is 3.74. The maximum absolute atomic E-state index is 12.0. The molecule has 0 saturated heterocycles. The topological polar surface area (TPSA) is 76.5 Å². The third-order valence-corrected chi connectivity index (χ3v) is 4.93. The first kappa shape index (κ1) is 13.8. The van der Waals surface area contributed by atoms with Crippen molar-refractivity contribution in [2.24, 2.45) is 17.8 Å². The highest BCUT2D eigenvalue weighted by atomic mass is 32.1. The Morgan fingerprint density at radius 3 is 2.76 bits per heavy atom. The fraction of sp³-hybridized carbons (Fsp3) is 0.357. The molecule has 0 radical (unpaired) electrons. The van der Waals surface area contributed by atoms with Crippen LogP contribution in [0.15, 0.2) is 28.8 Å². The number of carbonyl (C=O) groups excluding carboxylic acids is 1. The molecular formula is C14H17N5OS. The van der Waals surface area contributed by atoms with Crippen LogP contribution in [-0.2, 0) is 17.4 Å². The number of aryl methyl sites for hydroxylation is 1. The van der Waals surface area contributed by atoms with Crippen molar-refractivity contribution in [1.29, 1.82) is 0 Å². The molecule has 0 bridgehead atoms. The predicted molar refractivity (Wildman–Crippen MR) is 82.9 cm³/mol. The highest BCUT2D eigenvalue weighted by Crippen LogP contribution is 2.38. The molecule has 21 heavy (non-hydrogen) atoms. The van der Waals surface area contributed by atoms with Crippen molar-refractivity contribution in [3.8, 4) is 11.1 Å². The van der Waals surface area contributed by atoms with Crippen LogP contribution in [0.25, 0.3) is 11.1 Å². The maximum atomic E-state index is 12.0. The van der Waals surface area contributed by atoms with E-state index in [9.17, 15) is 4.79 Å². The number of rotatable bonds is 2. The summed E-state index contributed by atoms with van der Waals surface area (Å²) in [5.41, 5.74) is 7.41. The number of guanidine groups is 1. The molecule has 1 amide bonds. The molecule has 110 valence electrons. The van der Waals surface area contributed by atoms with Crippen LogP contribution in [0.5, 0.6) is 0 Å². The number of carbonyl (C=O) groups is 1. The summed E-state index contributed by atoms with van der Waals surface area (Å²) in [6, 6.07) is 2.07. The standard InChI is InChI=1S/C14H17N5OS/c1-14(5-12(20)19(3)13(15)17-14)11-4-9(8-21-11)10-6-16-18(2)7-10/h4,6-8H,5H2,1-3H3,(H2,15,17)/t14-/m0/s1. The molecule has 0 unspecified atom stereocenters. The summed E-state index contributed by atoms with van der Waals surface area (Å²) in [7, 11) is 3.54. The van der Waals surface area contributed by atoms with Gasteiger partial charge in [-0.3, -0.25) is 14.4 Å². The van der Waals surface area contributed by atoms with Gasteiger partial charge in [-0.05, 0) is 23.9 Å². The summed E-state index contributed by atoms with van der Waals surface area (Å²) in [5, 5.41) is 6.24. The van der Waals surface area contributed by atoms with Gasteiger partial charge in [0, 0.05) is 30.7 Å². The van der Waals surface area contributed by atoms with E-state index in [1.54, 1.807) is 23.1 Å². The number of hydrogen-bond acceptors (Lipinski definition) is 5. The molecule has 6 nitrogen and oxygen atoms in total. The average Bonchev–Trinajstić information content (AvgIpc) is 3.04. The summed E-state index contributed by atoms with van der Waals surface area (Å²) in [6.07, 6.45) is 4.12. The molecule has 7 heteroatoms. The number of nitrogens with two attached hydrogens (primary N) is 1. The molecule has 1 atom stereocenters. The second-order valence-corrected chi connectivity index (χ2v) is 6.39. The van der Waals surface area contributed by atoms with Crippen LogP contribution < -0.4 is 5.73 Å². The van der Waals surface area contributed by atoms with E-state index in [0.717, 1.165) is 16.0 Å². The molecule has 2 aromatic rings. The number of amides is 1. The van der Waals surface area contributed by atoms with Gasteiger partial charge in [-0.1, -0.05) is 0 Å². The van der Waals surface area contributed by atoms with Crippen LogP contribution in [0.3, 0.4) is 0 Å². The quantitative estimate of drug-likeness (QED) is 0.914. The molecule has 0 aromatic carbocycles. The fourth-order valence-electron chi connectivity index (χ4n) is 2.39. The van der Waals surface area contributed by atoms with Crippen LogP contribution in [-0.4, -0.2) is 33.6 Å². The van der Waals surface area contributed by atoms with Crippen molar-refractivity contribution >= 4 is 23.2 Å². The van der Waals surface area contributed by atoms with Gasteiger partial charge >= 0.3 is 0 Å². The van der Waals surface area contributed by atoms with Crippen LogP contribution >= 0.6 is 11.3 Å². The Morgan fingerprint density at radius 2 is 2.14 bits per heavy atom. The lowest BCUT2D eigenvalue weighted by Crippen LogP contribution is -2.47. The van der Waals surface area contributed by atoms with E-state index in [2.05, 4.69) is 21.5 Å². The number of nitrogens with zero attached hydrogens (tertiary/aromatic N) is 4. The van der Waals surface area contributed by atoms with E-state index in [4.69, 9.17) is 5.73 Å². The maximum Gasteiger partial charge on any atom is 0.231 e. The number of hydrogen-bond donors (Lipinski definition) is 1. The van der Waals surface area contributed by atoms with Gasteiger partial charge in [-0.25, -0.2) is 4.99 Å². The zero-order valence-electron chi connectivity index (χ0n) is 12.2. The summed E-state index contributed by atoms with van der Waals surface area (Å²) >= 11 is 1.59. The Kier molecular flexibility index (Phi) is 3.09. The molecule has 0 fully saturated rings. The number of aromatic nitrogens is 2. The van der Waals surface area contributed by atoms with Crippen molar-refractivity contribution in [1.82, 2.24) is 14.7 Å². The minimum Gasteiger partial charge on any atom is -0.369 e. The number of aliphatic imine (C=N–C) groups is 1. The summed E-state index contributed by atoms with van der Waals surface area (Å²) < 4.78 is 1.77. The second kappa shape index (κ2) is 4.70. The molecule has 2 N–H and O–H groups in total. The largest absolute Gasteiger partial charge is 0.369 e. The van der Waals surface area contributed by atoms with Crippen LogP contribution in [0.1, 0.15) is 18.2 Å². The molecule has 0 saturated carbocycles. The highest BCUT2D eigenvalue weighted by molar-refractivity contribution is 7.10. The lowest BCUT2D eigenvalue weighted by molar-refractivity contribution is -0.128. The van der Waals surface area contributed by atoms with Crippen LogP contribution in [0.2, 0.25) is 0 Å². The van der Waals surface area contributed by atoms with Gasteiger partial charge in [0.25, 0.3) is 0 Å². The van der Waals surface area contributed by atoms with E-state index in [1.165, 1.54) is 4.90 Å². The second-order valence-electron chi connectivity index (χ2n) is 5.48. The zero-order chi connectivity index (χ0) is 15.2. The number of thiophene rings is 1. The molecule has 1 aliphatic heterocycles. The van der Waals surface area contributed by atoms with Gasteiger partial charge in [0.2, 0.25) is 5.91 Å². The van der Waals surface area contributed by atoms with E-state index in [1.807, 2.05) is 26.4 Å². The van der Waals surface area contributed by atoms with Gasteiger partial charge in [-0.2, -0.15) is 5.10 Å². The first-order chi connectivity index (χ1) is 9.89. The Bertz CT molecular complexity index is 731. The van der Waals surface area contributed by atoms with E-state index >= 15 is 0 Å². The predicted octanol–water partition coefficient (Wildman–Crippen LogP) is 1.54. The van der Waals surface area contributed by atoms with Crippen LogP contribution in [0.4, 0.5) is 0 Å². The first-order valence-corrected chi connectivity index (χ1v) is 7.47. The Hall–Kier alpha value is -2.15. The van der Waals surface area contributed by atoms with Gasteiger partial charge in [-0.15, -0.1) is 11.3 Å². The Labute approximate surface area is 126 Å². The summed E-state index contributed by atoms with van der Waals surface area (Å²) in [5.74, 6) is 0.256. The van der Waals surface area contributed by atoms with Crippen molar-refractivity contribution in [3.05, 3.63) is 28.7 Å². The van der Waals surface area contributed by atoms with Crippen molar-refractivity contribution in [3.63, 3.8) is 0 Å². The van der Waals surface area contributed by atoms with Crippen molar-refractivity contribution in [2.75, 3.05) is 7.05 Å². The van der Waals surface area contributed by atoms with Gasteiger partial charge in [0.1, 0.15) is 5.54 Å². The smallest absolute Gasteiger partial charge is 0.231 e. The normalized spacial score (nSPS) is 22.5. The van der Waals surface area contributed by atoms with Gasteiger partial charge in [0.15, 0.2) is 5.96 Å². The summed E-state index contributed by atoms with van der Waals surface area (Å²) in [6.45, 7) is 1.95. The molecule has 1 aliphatic rings. The third kappa shape index (κ3) is 2.33. The highest BCUT2D eigenvalue weighted by Gasteiger charge is 2.37. The minimum absolute atomic E-state index is 0.0127. The van der Waals surface area contributed by atoms with Crippen molar-refractivity contribution < 1.29 is 4.79 Å². The van der Waals surface area contributed by atoms with Gasteiger partial charge < -0.3 is 5.73 Å².